The van der Waals surface area contributed by atoms with Gasteiger partial charge < -0.3 is 0 Å². The Bertz CT molecular complexity index is 1120. The molecule has 0 N–H and O–H groups in total. The van der Waals surface area contributed by atoms with E-state index in [-0.39, 0.29) is 11.3 Å². The lowest BCUT2D eigenvalue weighted by molar-refractivity contribution is -0.384. The van der Waals surface area contributed by atoms with Crippen LogP contribution in [0.4, 0.5) is 5.69 Å². The van der Waals surface area contributed by atoms with E-state index < -0.39 is 10.5 Å². The predicted molar refractivity (Wildman–Crippen MR) is 85.6 cm³/mol. The molecule has 3 rings (SSSR count). The zero-order valence-corrected chi connectivity index (χ0v) is 12.1. The standard InChI is InChI=1S/C17H8N4O3/c18-9-11-1-2-12-8-13(10-19)17(22)20(16(12)7-11)14-3-5-15(6-4-14)21(23)24/h1-8H. The first-order valence-electron chi connectivity index (χ1n) is 6.80. The van der Waals surface area contributed by atoms with Crippen molar-refractivity contribution in [3.63, 3.8) is 0 Å². The van der Waals surface area contributed by atoms with E-state index in [0.29, 0.717) is 22.2 Å². The highest BCUT2D eigenvalue weighted by Crippen LogP contribution is 2.21. The molecule has 3 aromatic rings. The lowest BCUT2D eigenvalue weighted by Gasteiger charge is -2.11. The maximum Gasteiger partial charge on any atom is 0.273 e. The van der Waals surface area contributed by atoms with Crippen molar-refractivity contribution in [2.24, 2.45) is 0 Å². The Morgan fingerprint density at radius 1 is 1.00 bits per heavy atom. The number of nitro benzene ring substituents is 1. The molecule has 0 aliphatic carbocycles. The summed E-state index contributed by atoms with van der Waals surface area (Å²) < 4.78 is 1.28. The van der Waals surface area contributed by atoms with Crippen LogP contribution in [-0.4, -0.2) is 9.49 Å². The molecule has 0 spiro atoms. The highest BCUT2D eigenvalue weighted by molar-refractivity contribution is 5.83. The Hall–Kier alpha value is -3.97. The van der Waals surface area contributed by atoms with E-state index >= 15 is 0 Å². The van der Waals surface area contributed by atoms with Crippen LogP contribution < -0.4 is 5.56 Å². The van der Waals surface area contributed by atoms with Gasteiger partial charge in [0, 0.05) is 23.2 Å². The van der Waals surface area contributed by atoms with Crippen LogP contribution in [0.25, 0.3) is 16.6 Å². The van der Waals surface area contributed by atoms with E-state index in [2.05, 4.69) is 0 Å². The van der Waals surface area contributed by atoms with Gasteiger partial charge in [-0.15, -0.1) is 0 Å². The number of nitro groups is 1. The number of fused-ring (bicyclic) bond motifs is 1. The van der Waals surface area contributed by atoms with Crippen molar-refractivity contribution in [3.8, 4) is 17.8 Å². The molecule has 1 heterocycles. The van der Waals surface area contributed by atoms with Gasteiger partial charge in [0.15, 0.2) is 0 Å². The van der Waals surface area contributed by atoms with Gasteiger partial charge in [-0.25, -0.2) is 0 Å². The third-order valence-corrected chi connectivity index (χ3v) is 3.57. The molecule has 7 nitrogen and oxygen atoms in total. The van der Waals surface area contributed by atoms with Crippen molar-refractivity contribution >= 4 is 16.6 Å². The molecule has 0 saturated carbocycles. The number of rotatable bonds is 2. The zero-order valence-electron chi connectivity index (χ0n) is 12.1. The summed E-state index contributed by atoms with van der Waals surface area (Å²) in [5, 5.41) is 29.6. The summed E-state index contributed by atoms with van der Waals surface area (Å²) in [4.78, 5) is 22.8. The summed E-state index contributed by atoms with van der Waals surface area (Å²) in [5.41, 5.74) is 0.488. The topological polar surface area (TPSA) is 113 Å². The first-order chi connectivity index (χ1) is 11.5. The normalized spacial score (nSPS) is 10.1. The van der Waals surface area contributed by atoms with Crippen molar-refractivity contribution in [3.05, 3.63) is 80.1 Å². The highest BCUT2D eigenvalue weighted by atomic mass is 16.6. The number of benzene rings is 2. The third-order valence-electron chi connectivity index (χ3n) is 3.57. The molecule has 0 unspecified atom stereocenters. The van der Waals surface area contributed by atoms with Gasteiger partial charge >= 0.3 is 0 Å². The van der Waals surface area contributed by atoms with Gasteiger partial charge in [-0.05, 0) is 30.3 Å². The molecule has 0 amide bonds. The number of pyridine rings is 1. The van der Waals surface area contributed by atoms with Gasteiger partial charge in [-0.3, -0.25) is 19.5 Å². The molecule has 2 aromatic carbocycles. The van der Waals surface area contributed by atoms with Crippen molar-refractivity contribution in [1.29, 1.82) is 10.5 Å². The number of hydrogen-bond acceptors (Lipinski definition) is 5. The van der Waals surface area contributed by atoms with Crippen LogP contribution in [0.2, 0.25) is 0 Å². The van der Waals surface area contributed by atoms with Crippen LogP contribution in [0.3, 0.4) is 0 Å². The molecular weight excluding hydrogens is 308 g/mol. The Balaban J connectivity index is 2.38. The van der Waals surface area contributed by atoms with Gasteiger partial charge in [-0.2, -0.15) is 10.5 Å². The maximum absolute atomic E-state index is 12.6. The fourth-order valence-electron chi connectivity index (χ4n) is 2.44. The minimum atomic E-state index is -0.547. The predicted octanol–water partition coefficient (Wildman–Crippen LogP) is 2.64. The van der Waals surface area contributed by atoms with E-state index in [4.69, 9.17) is 10.5 Å². The first-order valence-corrected chi connectivity index (χ1v) is 6.80. The van der Waals surface area contributed by atoms with Crippen LogP contribution in [0, 0.1) is 32.8 Å². The van der Waals surface area contributed by atoms with E-state index in [1.165, 1.54) is 34.9 Å². The molecule has 114 valence electrons. The van der Waals surface area contributed by atoms with Crippen molar-refractivity contribution in [2.45, 2.75) is 0 Å². The molecule has 0 aliphatic rings. The summed E-state index contributed by atoms with van der Waals surface area (Å²) in [6, 6.07) is 15.5. The van der Waals surface area contributed by atoms with Gasteiger partial charge in [0.1, 0.15) is 11.6 Å². The second-order valence-electron chi connectivity index (χ2n) is 4.97. The summed E-state index contributed by atoms with van der Waals surface area (Å²) in [6.07, 6.45) is 0. The average molecular weight is 316 g/mol. The van der Waals surface area contributed by atoms with Crippen molar-refractivity contribution in [1.82, 2.24) is 4.57 Å². The SMILES string of the molecule is N#Cc1ccc2cc(C#N)c(=O)n(-c3ccc([N+](=O)[O-])cc3)c2c1. The highest BCUT2D eigenvalue weighted by Gasteiger charge is 2.13. The molecule has 0 bridgehead atoms. The fourth-order valence-corrected chi connectivity index (χ4v) is 2.44. The van der Waals surface area contributed by atoms with E-state index in [0.717, 1.165) is 0 Å². The summed E-state index contributed by atoms with van der Waals surface area (Å²) in [7, 11) is 0. The molecule has 0 radical (unpaired) electrons. The average Bonchev–Trinajstić information content (AvgIpc) is 2.60. The zero-order chi connectivity index (χ0) is 17.3. The van der Waals surface area contributed by atoms with Crippen LogP contribution in [0.15, 0.2) is 53.3 Å². The van der Waals surface area contributed by atoms with Gasteiger partial charge in [0.2, 0.25) is 0 Å². The van der Waals surface area contributed by atoms with Crippen molar-refractivity contribution in [2.75, 3.05) is 0 Å². The number of aromatic nitrogens is 1. The Labute approximate surface area is 135 Å². The van der Waals surface area contributed by atoms with Gasteiger partial charge in [-0.1, -0.05) is 6.07 Å². The number of nitrogens with zero attached hydrogens (tertiary/aromatic N) is 4. The van der Waals surface area contributed by atoms with E-state index in [1.807, 2.05) is 12.1 Å². The second-order valence-corrected chi connectivity index (χ2v) is 4.97. The lowest BCUT2D eigenvalue weighted by atomic mass is 10.1. The van der Waals surface area contributed by atoms with Crippen LogP contribution in [0.1, 0.15) is 11.1 Å². The fraction of sp³-hybridized carbons (Fsp3) is 0. The maximum atomic E-state index is 12.6. The van der Waals surface area contributed by atoms with Crippen LogP contribution in [-0.2, 0) is 0 Å². The first kappa shape index (κ1) is 14.9. The Morgan fingerprint density at radius 2 is 1.71 bits per heavy atom. The van der Waals surface area contributed by atoms with Crippen molar-refractivity contribution < 1.29 is 4.92 Å². The molecule has 7 heteroatoms. The molecule has 0 atom stereocenters. The lowest BCUT2D eigenvalue weighted by Crippen LogP contribution is -2.21. The van der Waals surface area contributed by atoms with Gasteiger partial charge in [0.25, 0.3) is 11.2 Å². The largest absolute Gasteiger partial charge is 0.276 e. The Morgan fingerprint density at radius 3 is 2.29 bits per heavy atom. The number of nitriles is 2. The molecule has 0 fully saturated rings. The quantitative estimate of drug-likeness (QED) is 0.532. The molecule has 0 saturated heterocycles. The van der Waals surface area contributed by atoms with Crippen LogP contribution in [0.5, 0.6) is 0 Å². The minimum absolute atomic E-state index is 0.0504. The smallest absolute Gasteiger partial charge is 0.273 e. The number of non-ortho nitro benzene ring substituents is 1. The molecule has 0 aliphatic heterocycles. The van der Waals surface area contributed by atoms with E-state index in [9.17, 15) is 14.9 Å². The summed E-state index contributed by atoms with van der Waals surface area (Å²) >= 11 is 0. The number of hydrogen-bond donors (Lipinski definition) is 0. The van der Waals surface area contributed by atoms with E-state index in [1.54, 1.807) is 18.2 Å². The molecule has 24 heavy (non-hydrogen) atoms. The van der Waals surface area contributed by atoms with Gasteiger partial charge in [0.05, 0.1) is 22.1 Å². The monoisotopic (exact) mass is 316 g/mol. The molecule has 1 aromatic heterocycles. The molecular formula is C17H8N4O3. The Kier molecular flexibility index (Phi) is 3.53. The second kappa shape index (κ2) is 5.67. The summed E-state index contributed by atoms with van der Waals surface area (Å²) in [6.45, 7) is 0. The summed E-state index contributed by atoms with van der Waals surface area (Å²) in [5.74, 6) is 0. The third kappa shape index (κ3) is 2.36. The minimum Gasteiger partial charge on any atom is -0.276 e. The van der Waals surface area contributed by atoms with Crippen LogP contribution >= 0.6 is 0 Å².